The van der Waals surface area contributed by atoms with Crippen LogP contribution >= 0.6 is 0 Å². The van der Waals surface area contributed by atoms with Crippen LogP contribution in [-0.4, -0.2) is 57.3 Å². The maximum atomic E-state index is 9.46. The lowest BCUT2D eigenvalue weighted by atomic mass is 10.0. The quantitative estimate of drug-likeness (QED) is 0.887. The van der Waals surface area contributed by atoms with E-state index in [2.05, 4.69) is 50.2 Å². The van der Waals surface area contributed by atoms with E-state index in [1.807, 2.05) is 12.3 Å². The number of aromatic nitrogens is 2. The first-order valence-corrected chi connectivity index (χ1v) is 8.73. The van der Waals surface area contributed by atoms with Crippen molar-refractivity contribution in [3.05, 3.63) is 60.2 Å². The highest BCUT2D eigenvalue weighted by molar-refractivity contribution is 5.74. The van der Waals surface area contributed by atoms with Crippen molar-refractivity contribution in [3.63, 3.8) is 0 Å². The zero-order valence-corrected chi connectivity index (χ0v) is 14.3. The Morgan fingerprint density at radius 2 is 1.88 bits per heavy atom. The summed E-state index contributed by atoms with van der Waals surface area (Å²) in [5.41, 5.74) is 4.31. The van der Waals surface area contributed by atoms with E-state index >= 15 is 0 Å². The topological polar surface area (TPSA) is 64.5 Å². The molecule has 1 aromatic heterocycles. The third-order valence-corrected chi connectivity index (χ3v) is 5.05. The number of hydrogen-bond donors (Lipinski definition) is 2. The van der Waals surface area contributed by atoms with Gasteiger partial charge in [-0.3, -0.25) is 14.9 Å². The normalized spacial score (nSPS) is 22.6. The van der Waals surface area contributed by atoms with Gasteiger partial charge in [0.05, 0.1) is 16.7 Å². The molecule has 2 aliphatic rings. The molecule has 1 fully saturated rings. The summed E-state index contributed by atoms with van der Waals surface area (Å²) in [6, 6.07) is 6.71. The Hall–Kier alpha value is -2.44. The predicted molar refractivity (Wildman–Crippen MR) is 97.5 cm³/mol. The maximum Gasteiger partial charge on any atom is 0.143 e. The average Bonchev–Trinajstić information content (AvgIpc) is 2.68. The molecule has 2 N–H and O–H groups in total. The summed E-state index contributed by atoms with van der Waals surface area (Å²) in [5.74, 6) is 0. The molecule has 3 heterocycles. The SMILES string of the molecule is CC(c1ccc2nccnc2c1)N1CCN(C2=CNC(O)C=C2)CC1. The Morgan fingerprint density at radius 3 is 2.60 bits per heavy atom. The van der Waals surface area contributed by atoms with Crippen LogP contribution < -0.4 is 5.32 Å². The van der Waals surface area contributed by atoms with Gasteiger partial charge in [-0.05, 0) is 36.8 Å². The summed E-state index contributed by atoms with van der Waals surface area (Å²) < 4.78 is 0. The highest BCUT2D eigenvalue weighted by atomic mass is 16.3. The Morgan fingerprint density at radius 1 is 1.12 bits per heavy atom. The van der Waals surface area contributed by atoms with Crippen LogP contribution in [0.4, 0.5) is 0 Å². The third-order valence-electron chi connectivity index (χ3n) is 5.05. The standard InChI is InChI=1S/C19H23N5O/c1-14(15-2-4-17-18(12-15)21-7-6-20-17)23-8-10-24(11-9-23)16-3-5-19(25)22-13-16/h2-7,12-14,19,22,25H,8-11H2,1H3. The summed E-state index contributed by atoms with van der Waals surface area (Å²) in [4.78, 5) is 13.6. The van der Waals surface area contributed by atoms with Gasteiger partial charge in [0.15, 0.2) is 0 Å². The first-order chi connectivity index (χ1) is 12.2. The minimum atomic E-state index is -0.568. The molecule has 130 valence electrons. The molecule has 0 radical (unpaired) electrons. The summed E-state index contributed by atoms with van der Waals surface area (Å²) >= 11 is 0. The molecule has 1 saturated heterocycles. The molecule has 2 atom stereocenters. The molecular weight excluding hydrogens is 314 g/mol. The average molecular weight is 337 g/mol. The van der Waals surface area contributed by atoms with Gasteiger partial charge in [-0.15, -0.1) is 0 Å². The molecule has 0 aliphatic carbocycles. The molecule has 6 nitrogen and oxygen atoms in total. The second kappa shape index (κ2) is 6.82. The van der Waals surface area contributed by atoms with Crippen molar-refractivity contribution in [2.75, 3.05) is 26.2 Å². The third kappa shape index (κ3) is 3.36. The van der Waals surface area contributed by atoms with Crippen LogP contribution in [0.15, 0.2) is 54.6 Å². The number of benzene rings is 1. The molecule has 2 aliphatic heterocycles. The van der Waals surface area contributed by atoms with Crippen LogP contribution in [0.25, 0.3) is 11.0 Å². The van der Waals surface area contributed by atoms with E-state index in [-0.39, 0.29) is 0 Å². The molecule has 0 bridgehead atoms. The van der Waals surface area contributed by atoms with Gasteiger partial charge < -0.3 is 15.3 Å². The van der Waals surface area contributed by atoms with E-state index in [1.165, 1.54) is 5.56 Å². The van der Waals surface area contributed by atoms with Crippen LogP contribution in [0.1, 0.15) is 18.5 Å². The van der Waals surface area contributed by atoms with Gasteiger partial charge in [0.25, 0.3) is 0 Å². The van der Waals surface area contributed by atoms with Crippen molar-refractivity contribution in [2.45, 2.75) is 19.2 Å². The number of dihydropyridines is 1. The van der Waals surface area contributed by atoms with Crippen LogP contribution in [-0.2, 0) is 0 Å². The van der Waals surface area contributed by atoms with E-state index in [0.717, 1.165) is 42.9 Å². The first-order valence-electron chi connectivity index (χ1n) is 8.73. The van der Waals surface area contributed by atoms with Gasteiger partial charge in [-0.25, -0.2) is 0 Å². The summed E-state index contributed by atoms with van der Waals surface area (Å²) in [5, 5.41) is 12.4. The fraction of sp³-hybridized carbons (Fsp3) is 0.368. The molecule has 25 heavy (non-hydrogen) atoms. The zero-order chi connectivity index (χ0) is 17.2. The number of nitrogens with zero attached hydrogens (tertiary/aromatic N) is 4. The molecule has 0 saturated carbocycles. The van der Waals surface area contributed by atoms with Crippen molar-refractivity contribution < 1.29 is 5.11 Å². The van der Waals surface area contributed by atoms with E-state index in [9.17, 15) is 5.11 Å². The second-order valence-electron chi connectivity index (χ2n) is 6.54. The Kier molecular flexibility index (Phi) is 4.38. The lowest BCUT2D eigenvalue weighted by molar-refractivity contribution is 0.123. The van der Waals surface area contributed by atoms with E-state index in [1.54, 1.807) is 18.5 Å². The zero-order valence-electron chi connectivity index (χ0n) is 14.3. The van der Waals surface area contributed by atoms with E-state index in [4.69, 9.17) is 0 Å². The number of nitrogens with one attached hydrogen (secondary N) is 1. The van der Waals surface area contributed by atoms with Crippen molar-refractivity contribution in [1.82, 2.24) is 25.1 Å². The number of fused-ring (bicyclic) bond motifs is 1. The highest BCUT2D eigenvalue weighted by Crippen LogP contribution is 2.25. The Bertz CT molecular complexity index is 810. The van der Waals surface area contributed by atoms with Gasteiger partial charge in [0.2, 0.25) is 0 Å². The number of aliphatic hydroxyl groups is 1. The fourth-order valence-corrected chi connectivity index (χ4v) is 3.48. The Balaban J connectivity index is 1.42. The molecule has 4 rings (SSSR count). The summed E-state index contributed by atoms with van der Waals surface area (Å²) in [6.07, 6.45) is 8.56. The fourth-order valence-electron chi connectivity index (χ4n) is 3.48. The van der Waals surface area contributed by atoms with Crippen LogP contribution in [0.2, 0.25) is 0 Å². The number of piperazine rings is 1. The Labute approximate surface area is 147 Å². The number of rotatable bonds is 3. The van der Waals surface area contributed by atoms with E-state index in [0.29, 0.717) is 6.04 Å². The minimum absolute atomic E-state index is 0.351. The van der Waals surface area contributed by atoms with Crippen molar-refractivity contribution >= 4 is 11.0 Å². The minimum Gasteiger partial charge on any atom is -0.370 e. The molecule has 2 unspecified atom stereocenters. The van der Waals surface area contributed by atoms with Crippen molar-refractivity contribution in [3.8, 4) is 0 Å². The number of hydrogen-bond acceptors (Lipinski definition) is 6. The van der Waals surface area contributed by atoms with Gasteiger partial charge in [0, 0.05) is 50.8 Å². The lowest BCUT2D eigenvalue weighted by Crippen LogP contribution is -2.47. The number of allylic oxidation sites excluding steroid dienone is 1. The van der Waals surface area contributed by atoms with Gasteiger partial charge in [0.1, 0.15) is 6.23 Å². The maximum absolute atomic E-state index is 9.46. The molecule has 0 spiro atoms. The van der Waals surface area contributed by atoms with Crippen LogP contribution in [0, 0.1) is 0 Å². The molecule has 2 aromatic rings. The lowest BCUT2D eigenvalue weighted by Gasteiger charge is -2.40. The summed E-state index contributed by atoms with van der Waals surface area (Å²) in [7, 11) is 0. The molecule has 6 heteroatoms. The van der Waals surface area contributed by atoms with Gasteiger partial charge in [-0.1, -0.05) is 6.07 Å². The summed E-state index contributed by atoms with van der Waals surface area (Å²) in [6.45, 7) is 6.23. The predicted octanol–water partition coefficient (Wildman–Crippen LogP) is 1.63. The van der Waals surface area contributed by atoms with Crippen molar-refractivity contribution in [1.29, 1.82) is 0 Å². The molecular formula is C19H23N5O. The largest absolute Gasteiger partial charge is 0.370 e. The van der Waals surface area contributed by atoms with Crippen molar-refractivity contribution in [2.24, 2.45) is 0 Å². The van der Waals surface area contributed by atoms with Gasteiger partial charge in [-0.2, -0.15) is 0 Å². The smallest absolute Gasteiger partial charge is 0.143 e. The molecule has 0 amide bonds. The highest BCUT2D eigenvalue weighted by Gasteiger charge is 2.23. The van der Waals surface area contributed by atoms with Gasteiger partial charge >= 0.3 is 0 Å². The second-order valence-corrected chi connectivity index (χ2v) is 6.54. The van der Waals surface area contributed by atoms with E-state index < -0.39 is 6.23 Å². The first kappa shape index (κ1) is 16.1. The van der Waals surface area contributed by atoms with Crippen LogP contribution in [0.5, 0.6) is 0 Å². The molecule has 1 aromatic carbocycles. The monoisotopic (exact) mass is 337 g/mol. The van der Waals surface area contributed by atoms with Crippen LogP contribution in [0.3, 0.4) is 0 Å². The number of aliphatic hydroxyl groups excluding tert-OH is 1.